The summed E-state index contributed by atoms with van der Waals surface area (Å²) in [5.74, 6) is 0.767. The Kier molecular flexibility index (Phi) is 2.04. The van der Waals surface area contributed by atoms with Crippen LogP contribution in [0.3, 0.4) is 0 Å². The third-order valence-electron chi connectivity index (χ3n) is 1.84. The Morgan fingerprint density at radius 2 is 1.85 bits per heavy atom. The van der Waals surface area contributed by atoms with Crippen LogP contribution < -0.4 is 5.32 Å². The van der Waals surface area contributed by atoms with Crippen LogP contribution in [0.15, 0.2) is 47.1 Å². The number of hydrogen-bond donors (Lipinski definition) is 1. The zero-order valence-electron chi connectivity index (χ0n) is 7.45. The van der Waals surface area contributed by atoms with E-state index < -0.39 is 0 Å². The summed E-state index contributed by atoms with van der Waals surface area (Å²) in [6, 6.07) is 11.9. The number of hydrogen-bond acceptors (Lipinski definition) is 2. The molecule has 0 aliphatic rings. The fraction of sp³-hybridized carbons (Fsp3) is 0.0909. The first-order valence-electron chi connectivity index (χ1n) is 4.22. The molecule has 1 aromatic carbocycles. The molecule has 0 saturated heterocycles. The number of benzene rings is 1. The molecule has 0 bridgehead atoms. The fourth-order valence-electron chi connectivity index (χ4n) is 1.13. The van der Waals surface area contributed by atoms with Crippen molar-refractivity contribution >= 4 is 11.6 Å². The zero-order chi connectivity index (χ0) is 9.10. The van der Waals surface area contributed by atoms with E-state index in [1.165, 1.54) is 5.56 Å². The van der Waals surface area contributed by atoms with Gasteiger partial charge in [-0.2, -0.15) is 0 Å². The Balaban J connectivity index is 2.15. The monoisotopic (exact) mass is 173 g/mol. The molecule has 0 spiro atoms. The predicted molar refractivity (Wildman–Crippen MR) is 53.2 cm³/mol. The van der Waals surface area contributed by atoms with Crippen molar-refractivity contribution in [2.45, 2.75) is 6.92 Å². The van der Waals surface area contributed by atoms with Crippen LogP contribution in [0.4, 0.5) is 11.6 Å². The molecule has 2 heteroatoms. The first kappa shape index (κ1) is 7.92. The van der Waals surface area contributed by atoms with Crippen LogP contribution in [0.2, 0.25) is 0 Å². The summed E-state index contributed by atoms with van der Waals surface area (Å²) in [6.07, 6.45) is 1.65. The van der Waals surface area contributed by atoms with Gasteiger partial charge in [0, 0.05) is 11.8 Å². The van der Waals surface area contributed by atoms with Gasteiger partial charge in [0.05, 0.1) is 6.26 Å². The molecule has 1 heterocycles. The first-order valence-corrected chi connectivity index (χ1v) is 4.22. The van der Waals surface area contributed by atoms with Crippen LogP contribution in [-0.4, -0.2) is 0 Å². The van der Waals surface area contributed by atoms with Gasteiger partial charge in [0.2, 0.25) is 0 Å². The average molecular weight is 173 g/mol. The molecule has 0 amide bonds. The third kappa shape index (κ3) is 1.90. The molecular weight excluding hydrogens is 162 g/mol. The molecule has 13 heavy (non-hydrogen) atoms. The van der Waals surface area contributed by atoms with Gasteiger partial charge in [0.15, 0.2) is 5.88 Å². The highest BCUT2D eigenvalue weighted by atomic mass is 16.3. The van der Waals surface area contributed by atoms with Crippen molar-refractivity contribution in [3.05, 3.63) is 48.2 Å². The second kappa shape index (κ2) is 3.35. The lowest BCUT2D eigenvalue weighted by atomic mass is 10.2. The summed E-state index contributed by atoms with van der Waals surface area (Å²) >= 11 is 0. The second-order valence-corrected chi connectivity index (χ2v) is 2.97. The third-order valence-corrected chi connectivity index (χ3v) is 1.84. The molecule has 66 valence electrons. The lowest BCUT2D eigenvalue weighted by Gasteiger charge is -2.01. The van der Waals surface area contributed by atoms with Gasteiger partial charge in [0.25, 0.3) is 0 Å². The lowest BCUT2D eigenvalue weighted by Crippen LogP contribution is -1.86. The number of anilines is 2. The summed E-state index contributed by atoms with van der Waals surface area (Å²) < 4.78 is 5.16. The molecule has 0 unspecified atom stereocenters. The zero-order valence-corrected chi connectivity index (χ0v) is 7.45. The maximum atomic E-state index is 5.16. The van der Waals surface area contributed by atoms with Gasteiger partial charge in [-0.1, -0.05) is 17.7 Å². The molecule has 0 saturated carbocycles. The standard InChI is InChI=1S/C11H11NO/c1-9-4-6-10(7-5-9)12-11-3-2-8-13-11/h2-8,12H,1H3. The Morgan fingerprint density at radius 1 is 1.08 bits per heavy atom. The van der Waals surface area contributed by atoms with E-state index in [-0.39, 0.29) is 0 Å². The van der Waals surface area contributed by atoms with Crippen molar-refractivity contribution in [1.82, 2.24) is 0 Å². The topological polar surface area (TPSA) is 25.2 Å². The summed E-state index contributed by atoms with van der Waals surface area (Å²) in [7, 11) is 0. The number of nitrogens with one attached hydrogen (secondary N) is 1. The minimum absolute atomic E-state index is 0.767. The van der Waals surface area contributed by atoms with Gasteiger partial charge < -0.3 is 9.73 Å². The Bertz CT molecular complexity index is 361. The molecule has 2 nitrogen and oxygen atoms in total. The lowest BCUT2D eigenvalue weighted by molar-refractivity contribution is 0.585. The molecule has 2 rings (SSSR count). The molecule has 0 aliphatic carbocycles. The normalized spacial score (nSPS) is 9.92. The summed E-state index contributed by atoms with van der Waals surface area (Å²) in [4.78, 5) is 0. The van der Waals surface area contributed by atoms with Gasteiger partial charge in [-0.05, 0) is 25.1 Å². The predicted octanol–water partition coefficient (Wildman–Crippen LogP) is 3.33. The van der Waals surface area contributed by atoms with Gasteiger partial charge in [-0.15, -0.1) is 0 Å². The van der Waals surface area contributed by atoms with Crippen molar-refractivity contribution in [3.8, 4) is 0 Å². The van der Waals surface area contributed by atoms with Crippen molar-refractivity contribution in [3.63, 3.8) is 0 Å². The smallest absolute Gasteiger partial charge is 0.196 e. The van der Waals surface area contributed by atoms with Crippen LogP contribution >= 0.6 is 0 Å². The number of furan rings is 1. The first-order chi connectivity index (χ1) is 6.34. The van der Waals surface area contributed by atoms with Crippen LogP contribution in [0.5, 0.6) is 0 Å². The molecule has 2 aromatic rings. The highest BCUT2D eigenvalue weighted by Crippen LogP contribution is 2.16. The molecular formula is C11H11NO. The van der Waals surface area contributed by atoms with Gasteiger partial charge >= 0.3 is 0 Å². The maximum Gasteiger partial charge on any atom is 0.196 e. The van der Waals surface area contributed by atoms with Gasteiger partial charge in [0.1, 0.15) is 0 Å². The summed E-state index contributed by atoms with van der Waals surface area (Å²) in [6.45, 7) is 2.07. The average Bonchev–Trinajstić information content (AvgIpc) is 2.62. The Labute approximate surface area is 77.2 Å². The van der Waals surface area contributed by atoms with Gasteiger partial charge in [-0.3, -0.25) is 0 Å². The number of aryl methyl sites for hydroxylation is 1. The quantitative estimate of drug-likeness (QED) is 0.753. The van der Waals surface area contributed by atoms with Crippen molar-refractivity contribution < 1.29 is 4.42 Å². The van der Waals surface area contributed by atoms with Crippen LogP contribution in [-0.2, 0) is 0 Å². The van der Waals surface area contributed by atoms with E-state index in [1.54, 1.807) is 6.26 Å². The van der Waals surface area contributed by atoms with Crippen molar-refractivity contribution in [1.29, 1.82) is 0 Å². The SMILES string of the molecule is Cc1ccc(Nc2ccco2)cc1. The maximum absolute atomic E-state index is 5.16. The molecule has 1 N–H and O–H groups in total. The highest BCUT2D eigenvalue weighted by Gasteiger charge is 1.94. The number of rotatable bonds is 2. The summed E-state index contributed by atoms with van der Waals surface area (Å²) in [5, 5.41) is 3.14. The minimum Gasteiger partial charge on any atom is -0.449 e. The van der Waals surface area contributed by atoms with Crippen molar-refractivity contribution in [2.24, 2.45) is 0 Å². The molecule has 0 radical (unpaired) electrons. The second-order valence-electron chi connectivity index (χ2n) is 2.97. The molecule has 0 fully saturated rings. The Morgan fingerprint density at radius 3 is 2.46 bits per heavy atom. The molecule has 0 aliphatic heterocycles. The Hall–Kier alpha value is -1.70. The van der Waals surface area contributed by atoms with Gasteiger partial charge in [-0.25, -0.2) is 0 Å². The van der Waals surface area contributed by atoms with Crippen LogP contribution in [0, 0.1) is 6.92 Å². The van der Waals surface area contributed by atoms with Crippen molar-refractivity contribution in [2.75, 3.05) is 5.32 Å². The van der Waals surface area contributed by atoms with E-state index in [4.69, 9.17) is 4.42 Å². The summed E-state index contributed by atoms with van der Waals surface area (Å²) in [5.41, 5.74) is 2.30. The largest absolute Gasteiger partial charge is 0.449 e. The van der Waals surface area contributed by atoms with E-state index in [0.717, 1.165) is 11.6 Å². The van der Waals surface area contributed by atoms with E-state index in [1.807, 2.05) is 24.3 Å². The highest BCUT2D eigenvalue weighted by molar-refractivity contribution is 5.54. The van der Waals surface area contributed by atoms with Crippen LogP contribution in [0.25, 0.3) is 0 Å². The van der Waals surface area contributed by atoms with E-state index in [9.17, 15) is 0 Å². The van der Waals surface area contributed by atoms with E-state index >= 15 is 0 Å². The van der Waals surface area contributed by atoms with E-state index in [2.05, 4.69) is 24.4 Å². The van der Waals surface area contributed by atoms with E-state index in [0.29, 0.717) is 0 Å². The fourth-order valence-corrected chi connectivity index (χ4v) is 1.13. The molecule has 0 atom stereocenters. The van der Waals surface area contributed by atoms with Crippen LogP contribution in [0.1, 0.15) is 5.56 Å². The molecule has 1 aromatic heterocycles. The minimum atomic E-state index is 0.767.